The Morgan fingerprint density at radius 3 is 3.00 bits per heavy atom. The highest BCUT2D eigenvalue weighted by atomic mass is 32.1. The van der Waals surface area contributed by atoms with Gasteiger partial charge in [-0.2, -0.15) is 9.36 Å². The van der Waals surface area contributed by atoms with Crippen LogP contribution in [0, 0.1) is 0 Å². The molecule has 1 heterocycles. The number of nitrogens with two attached hydrogens (primary N) is 1. The van der Waals surface area contributed by atoms with E-state index in [2.05, 4.69) is 9.36 Å². The second kappa shape index (κ2) is 3.96. The number of carbonyl (C=O) groups excluding carboxylic acids is 1. The minimum absolute atomic E-state index is 0.363. The third kappa shape index (κ3) is 1.88. The van der Waals surface area contributed by atoms with Crippen molar-refractivity contribution in [3.05, 3.63) is 11.9 Å². The summed E-state index contributed by atoms with van der Waals surface area (Å²) >= 11 is 1.07. The van der Waals surface area contributed by atoms with E-state index >= 15 is 0 Å². The fourth-order valence-corrected chi connectivity index (χ4v) is 1.17. The Bertz CT molecular complexity index is 305. The van der Waals surface area contributed by atoms with Crippen LogP contribution in [0.2, 0.25) is 0 Å². The number of hydrogen-bond acceptors (Lipinski definition) is 5. The Morgan fingerprint density at radius 2 is 2.58 bits per heavy atom. The monoisotopic (exact) mass is 182 g/mol. The molecule has 0 aliphatic heterocycles. The third-order valence-electron chi connectivity index (χ3n) is 1.20. The van der Waals surface area contributed by atoms with Gasteiger partial charge in [-0.05, 0) is 6.42 Å². The van der Waals surface area contributed by atoms with Crippen molar-refractivity contribution in [2.45, 2.75) is 13.3 Å². The molecular weight excluding hydrogens is 174 g/mol. The van der Waals surface area contributed by atoms with Gasteiger partial charge >= 0.3 is 0 Å². The number of rotatable bonds is 3. The first kappa shape index (κ1) is 8.86. The number of hydrogen-bond donors (Lipinski definition) is 1. The second-order valence-electron chi connectivity index (χ2n) is 2.08. The first-order valence-corrected chi connectivity index (χ1v) is 4.23. The summed E-state index contributed by atoms with van der Waals surface area (Å²) in [5.74, 6) is 0.370. The maximum atomic E-state index is 10.4. The van der Waals surface area contributed by atoms with Crippen LogP contribution in [0.15, 0.2) is 6.08 Å². The molecule has 0 saturated heterocycles. The Hall–Kier alpha value is -1.23. The summed E-state index contributed by atoms with van der Waals surface area (Å²) in [6, 6.07) is 0. The molecule has 0 fully saturated rings. The molecule has 1 aromatic heterocycles. The Morgan fingerprint density at radius 1 is 1.83 bits per heavy atom. The van der Waals surface area contributed by atoms with Gasteiger partial charge in [-0.25, -0.2) is 0 Å². The smallest absolute Gasteiger partial charge is 0.237 e. The SMILES string of the molecule is CCC=C([C]=O)c1nsc(N)n1. The molecule has 0 unspecified atom stereocenters. The maximum Gasteiger partial charge on any atom is 0.237 e. The molecule has 1 rings (SSSR count). The summed E-state index contributed by atoms with van der Waals surface area (Å²) in [5.41, 5.74) is 5.74. The molecule has 1 radical (unpaired) electrons. The molecule has 0 spiro atoms. The number of nitrogen functional groups attached to an aromatic ring is 1. The van der Waals surface area contributed by atoms with Crippen LogP contribution < -0.4 is 5.73 Å². The lowest BCUT2D eigenvalue weighted by Gasteiger charge is -1.88. The minimum Gasteiger partial charge on any atom is -0.374 e. The van der Waals surface area contributed by atoms with E-state index in [0.717, 1.165) is 18.0 Å². The van der Waals surface area contributed by atoms with E-state index in [9.17, 15) is 4.79 Å². The zero-order chi connectivity index (χ0) is 8.97. The molecule has 4 nitrogen and oxygen atoms in total. The van der Waals surface area contributed by atoms with Crippen LogP contribution >= 0.6 is 11.5 Å². The molecule has 0 aliphatic carbocycles. The topological polar surface area (TPSA) is 68.9 Å². The van der Waals surface area contributed by atoms with E-state index in [1.54, 1.807) is 12.4 Å². The summed E-state index contributed by atoms with van der Waals surface area (Å²) in [7, 11) is 0. The van der Waals surface area contributed by atoms with Gasteiger partial charge in [0.2, 0.25) is 6.29 Å². The summed E-state index contributed by atoms with van der Waals surface area (Å²) in [4.78, 5) is 14.3. The van der Waals surface area contributed by atoms with E-state index in [-0.39, 0.29) is 0 Å². The first-order valence-electron chi connectivity index (χ1n) is 3.45. The van der Waals surface area contributed by atoms with Crippen molar-refractivity contribution in [1.29, 1.82) is 0 Å². The molecule has 63 valence electrons. The van der Waals surface area contributed by atoms with Gasteiger partial charge in [-0.15, -0.1) is 0 Å². The Kier molecular flexibility index (Phi) is 2.93. The number of aromatic nitrogens is 2. The predicted molar refractivity (Wildman–Crippen MR) is 48.3 cm³/mol. The normalized spacial score (nSPS) is 11.6. The number of nitrogens with zero attached hydrogens (tertiary/aromatic N) is 2. The fourth-order valence-electron chi connectivity index (χ4n) is 0.727. The Balaban J connectivity index is 2.94. The van der Waals surface area contributed by atoms with E-state index in [4.69, 9.17) is 5.73 Å². The van der Waals surface area contributed by atoms with Crippen molar-refractivity contribution < 1.29 is 4.79 Å². The van der Waals surface area contributed by atoms with Crippen LogP contribution in [0.25, 0.3) is 5.57 Å². The van der Waals surface area contributed by atoms with Gasteiger partial charge in [0, 0.05) is 11.5 Å². The molecule has 0 saturated carbocycles. The highest BCUT2D eigenvalue weighted by molar-refractivity contribution is 7.09. The molecule has 0 amide bonds. The summed E-state index contributed by atoms with van der Waals surface area (Å²) in [6.07, 6.45) is 4.24. The maximum absolute atomic E-state index is 10.4. The molecule has 0 atom stereocenters. The second-order valence-corrected chi connectivity index (χ2v) is 2.87. The van der Waals surface area contributed by atoms with Crippen LogP contribution in [0.5, 0.6) is 0 Å². The van der Waals surface area contributed by atoms with Crippen LogP contribution in [-0.4, -0.2) is 15.6 Å². The average molecular weight is 182 g/mol. The fraction of sp³-hybridized carbons (Fsp3) is 0.286. The van der Waals surface area contributed by atoms with E-state index in [1.165, 1.54) is 0 Å². The Labute approximate surface area is 74.3 Å². The number of anilines is 1. The van der Waals surface area contributed by atoms with Crippen molar-refractivity contribution in [2.24, 2.45) is 0 Å². The van der Waals surface area contributed by atoms with Gasteiger partial charge < -0.3 is 5.73 Å². The molecule has 0 aliphatic rings. The quantitative estimate of drug-likeness (QED) is 0.709. The number of allylic oxidation sites excluding steroid dienone is 2. The van der Waals surface area contributed by atoms with Crippen molar-refractivity contribution >= 4 is 28.5 Å². The zero-order valence-corrected chi connectivity index (χ0v) is 7.39. The van der Waals surface area contributed by atoms with Gasteiger partial charge in [-0.3, -0.25) is 4.79 Å². The molecule has 0 bridgehead atoms. The first-order chi connectivity index (χ1) is 5.77. The van der Waals surface area contributed by atoms with Crippen LogP contribution in [0.4, 0.5) is 5.13 Å². The van der Waals surface area contributed by atoms with Gasteiger partial charge in [0.15, 0.2) is 11.0 Å². The molecular formula is C7H8N3OS. The van der Waals surface area contributed by atoms with Crippen LogP contribution in [0.1, 0.15) is 19.2 Å². The van der Waals surface area contributed by atoms with E-state index in [0.29, 0.717) is 16.5 Å². The molecule has 1 aromatic rings. The molecule has 12 heavy (non-hydrogen) atoms. The van der Waals surface area contributed by atoms with Crippen LogP contribution in [0.3, 0.4) is 0 Å². The lowest BCUT2D eigenvalue weighted by molar-refractivity contribution is 0.565. The highest BCUT2D eigenvalue weighted by Crippen LogP contribution is 2.13. The van der Waals surface area contributed by atoms with Gasteiger partial charge in [0.1, 0.15) is 0 Å². The lowest BCUT2D eigenvalue weighted by Crippen LogP contribution is -1.89. The van der Waals surface area contributed by atoms with Crippen molar-refractivity contribution in [1.82, 2.24) is 9.36 Å². The summed E-state index contributed by atoms with van der Waals surface area (Å²) < 4.78 is 3.88. The zero-order valence-electron chi connectivity index (χ0n) is 6.57. The van der Waals surface area contributed by atoms with E-state index in [1.807, 2.05) is 6.92 Å². The van der Waals surface area contributed by atoms with Gasteiger partial charge in [0.25, 0.3) is 0 Å². The highest BCUT2D eigenvalue weighted by Gasteiger charge is 2.06. The van der Waals surface area contributed by atoms with Gasteiger partial charge in [0.05, 0.1) is 5.57 Å². The van der Waals surface area contributed by atoms with Gasteiger partial charge in [-0.1, -0.05) is 13.0 Å². The summed E-state index contributed by atoms with van der Waals surface area (Å²) in [5, 5.41) is 0.363. The van der Waals surface area contributed by atoms with Crippen molar-refractivity contribution in [3.8, 4) is 0 Å². The predicted octanol–water partition coefficient (Wildman–Crippen LogP) is 1.02. The lowest BCUT2D eigenvalue weighted by atomic mass is 10.2. The largest absolute Gasteiger partial charge is 0.374 e. The molecule has 2 N–H and O–H groups in total. The standard InChI is InChI=1S/C7H8N3OS/c1-2-3-5(4-11)6-9-7(8)12-10-6/h3H,2H2,1H3,(H2,8,9,10). The minimum atomic E-state index is 0.363. The molecule has 5 heteroatoms. The third-order valence-corrected chi connectivity index (χ3v) is 1.74. The van der Waals surface area contributed by atoms with Crippen LogP contribution in [-0.2, 0) is 4.79 Å². The van der Waals surface area contributed by atoms with E-state index < -0.39 is 0 Å². The molecule has 0 aromatic carbocycles. The van der Waals surface area contributed by atoms with Crippen molar-refractivity contribution in [2.75, 3.05) is 5.73 Å². The summed E-state index contributed by atoms with van der Waals surface area (Å²) in [6.45, 7) is 1.92. The van der Waals surface area contributed by atoms with Crippen molar-refractivity contribution in [3.63, 3.8) is 0 Å². The average Bonchev–Trinajstić information content (AvgIpc) is 2.47.